The molecule has 1 aromatic heterocycles. The number of nitrogens with one attached hydrogen (secondary N) is 1. The van der Waals surface area contributed by atoms with E-state index in [4.69, 9.17) is 9.15 Å². The maximum absolute atomic E-state index is 12.5. The van der Waals surface area contributed by atoms with Crippen LogP contribution in [0.25, 0.3) is 0 Å². The van der Waals surface area contributed by atoms with Crippen molar-refractivity contribution in [2.45, 2.75) is 10.8 Å². The van der Waals surface area contributed by atoms with Gasteiger partial charge in [-0.3, -0.25) is 4.79 Å². The lowest BCUT2D eigenvalue weighted by Crippen LogP contribution is -2.40. The summed E-state index contributed by atoms with van der Waals surface area (Å²) in [6.07, 6.45) is 0. The second kappa shape index (κ2) is 9.08. The Kier molecular flexibility index (Phi) is 6.73. The van der Waals surface area contributed by atoms with Gasteiger partial charge < -0.3 is 14.5 Å². The van der Waals surface area contributed by atoms with E-state index < -0.39 is 25.8 Å². The van der Waals surface area contributed by atoms with Crippen LogP contribution in [-0.2, 0) is 30.4 Å². The molecule has 158 valence electrons. The van der Waals surface area contributed by atoms with Crippen molar-refractivity contribution >= 4 is 25.8 Å². The zero-order valence-electron chi connectivity index (χ0n) is 15.6. The van der Waals surface area contributed by atoms with Crippen molar-refractivity contribution in [3.63, 3.8) is 0 Å². The smallest absolute Gasteiger partial charge is 0.287 e. The Morgan fingerprint density at radius 3 is 2.38 bits per heavy atom. The zero-order valence-corrected chi connectivity index (χ0v) is 17.2. The first-order valence-electron chi connectivity index (χ1n) is 8.98. The van der Waals surface area contributed by atoms with Crippen LogP contribution in [0, 0.1) is 0 Å². The molecule has 0 bridgehead atoms. The molecule has 0 unspecified atom stereocenters. The molecule has 11 heteroatoms. The monoisotopic (exact) mass is 442 g/mol. The number of sulfone groups is 1. The van der Waals surface area contributed by atoms with E-state index in [2.05, 4.69) is 5.32 Å². The highest BCUT2D eigenvalue weighted by Crippen LogP contribution is 2.19. The van der Waals surface area contributed by atoms with Crippen LogP contribution in [0.3, 0.4) is 0 Å². The summed E-state index contributed by atoms with van der Waals surface area (Å²) >= 11 is 0. The second-order valence-corrected chi connectivity index (χ2v) is 10.5. The molecule has 1 fully saturated rings. The van der Waals surface area contributed by atoms with Crippen molar-refractivity contribution in [2.24, 2.45) is 0 Å². The molecule has 1 N–H and O–H groups in total. The summed E-state index contributed by atoms with van der Waals surface area (Å²) in [6, 6.07) is 11.2. The molecule has 0 spiro atoms. The number of sulfonamides is 1. The van der Waals surface area contributed by atoms with Gasteiger partial charge in [0.2, 0.25) is 5.09 Å². The molecule has 1 aromatic carbocycles. The van der Waals surface area contributed by atoms with E-state index in [1.165, 1.54) is 16.4 Å². The molecule has 1 amide bonds. The van der Waals surface area contributed by atoms with E-state index in [0.29, 0.717) is 18.8 Å². The maximum Gasteiger partial charge on any atom is 0.287 e. The predicted molar refractivity (Wildman–Crippen MR) is 105 cm³/mol. The molecule has 0 radical (unpaired) electrons. The van der Waals surface area contributed by atoms with Crippen LogP contribution in [0.4, 0.5) is 0 Å². The summed E-state index contributed by atoms with van der Waals surface area (Å²) in [5.74, 6) is -1.24. The van der Waals surface area contributed by atoms with Gasteiger partial charge in [0.05, 0.1) is 24.7 Å². The van der Waals surface area contributed by atoms with E-state index >= 15 is 0 Å². The third-order valence-electron chi connectivity index (χ3n) is 4.30. The Morgan fingerprint density at radius 2 is 1.69 bits per heavy atom. The number of benzene rings is 1. The summed E-state index contributed by atoms with van der Waals surface area (Å²) in [5, 5.41) is 2.11. The van der Waals surface area contributed by atoms with Gasteiger partial charge in [0, 0.05) is 19.6 Å². The van der Waals surface area contributed by atoms with Crippen LogP contribution in [0.5, 0.6) is 0 Å². The Hall–Kier alpha value is -2.21. The Balaban J connectivity index is 1.55. The molecule has 1 saturated heterocycles. The summed E-state index contributed by atoms with van der Waals surface area (Å²) in [5.41, 5.74) is 0.669. The minimum Gasteiger partial charge on any atom is -0.438 e. The minimum atomic E-state index is -3.84. The molecule has 3 rings (SSSR count). The molecule has 1 aliphatic rings. The average Bonchev–Trinajstić information content (AvgIpc) is 3.20. The number of hydrogen-bond donors (Lipinski definition) is 1. The number of amides is 1. The molecule has 9 nitrogen and oxygen atoms in total. The van der Waals surface area contributed by atoms with Crippen LogP contribution >= 0.6 is 0 Å². The number of morpholine rings is 1. The minimum absolute atomic E-state index is 0.111. The number of hydrogen-bond acceptors (Lipinski definition) is 7. The van der Waals surface area contributed by atoms with Gasteiger partial charge in [-0.2, -0.15) is 4.31 Å². The lowest BCUT2D eigenvalue weighted by Gasteiger charge is -2.24. The van der Waals surface area contributed by atoms with E-state index in [1.54, 1.807) is 30.3 Å². The lowest BCUT2D eigenvalue weighted by atomic mass is 10.2. The third kappa shape index (κ3) is 5.66. The molecular weight excluding hydrogens is 420 g/mol. The van der Waals surface area contributed by atoms with Crippen LogP contribution in [0.15, 0.2) is 52.0 Å². The number of furan rings is 1. The highest BCUT2D eigenvalue weighted by molar-refractivity contribution is 7.90. The molecule has 1 aliphatic heterocycles. The van der Waals surface area contributed by atoms with Crippen LogP contribution < -0.4 is 5.32 Å². The number of ether oxygens (including phenoxy) is 1. The fourth-order valence-corrected chi connectivity index (χ4v) is 5.38. The Labute approximate surface area is 169 Å². The van der Waals surface area contributed by atoms with E-state index in [9.17, 15) is 21.6 Å². The Bertz CT molecular complexity index is 1040. The summed E-state index contributed by atoms with van der Waals surface area (Å²) < 4.78 is 60.9. The van der Waals surface area contributed by atoms with E-state index in [0.717, 1.165) is 0 Å². The van der Waals surface area contributed by atoms with Crippen molar-refractivity contribution in [3.05, 3.63) is 53.8 Å². The first-order valence-corrected chi connectivity index (χ1v) is 12.2. The predicted octanol–water partition coefficient (Wildman–Crippen LogP) is 0.645. The highest BCUT2D eigenvalue weighted by atomic mass is 32.2. The molecule has 0 aliphatic carbocycles. The van der Waals surface area contributed by atoms with Gasteiger partial charge in [-0.1, -0.05) is 30.3 Å². The molecule has 0 atom stereocenters. The first-order chi connectivity index (χ1) is 13.8. The Morgan fingerprint density at radius 1 is 1.00 bits per heavy atom. The molecule has 0 saturated carbocycles. The van der Waals surface area contributed by atoms with Crippen molar-refractivity contribution in [1.82, 2.24) is 9.62 Å². The normalized spacial score (nSPS) is 15.9. The van der Waals surface area contributed by atoms with E-state index in [1.807, 2.05) is 0 Å². The number of rotatable bonds is 8. The average molecular weight is 443 g/mol. The molecule has 2 aromatic rings. The van der Waals surface area contributed by atoms with Gasteiger partial charge in [-0.25, -0.2) is 16.8 Å². The van der Waals surface area contributed by atoms with Crippen LogP contribution in [0.1, 0.15) is 16.1 Å². The standard InChI is InChI=1S/C18H22N2O7S2/c21-18(19-8-13-28(22,23)14-15-4-2-1-3-5-15)16-6-7-17(27-16)29(24,25)20-9-11-26-12-10-20/h1-7H,8-14H2,(H,19,21). The van der Waals surface area contributed by atoms with E-state index in [-0.39, 0.29) is 42.0 Å². The lowest BCUT2D eigenvalue weighted by molar-refractivity contribution is 0.0722. The SMILES string of the molecule is O=C(NCCS(=O)(=O)Cc1ccccc1)c1ccc(S(=O)(=O)N2CCOCC2)o1. The van der Waals surface area contributed by atoms with Gasteiger partial charge in [0.15, 0.2) is 15.6 Å². The van der Waals surface area contributed by atoms with Gasteiger partial charge in [0.25, 0.3) is 15.9 Å². The number of nitrogens with zero attached hydrogens (tertiary/aromatic N) is 1. The maximum atomic E-state index is 12.5. The molecule has 29 heavy (non-hydrogen) atoms. The fraction of sp³-hybridized carbons (Fsp3) is 0.389. The topological polar surface area (TPSA) is 123 Å². The second-order valence-electron chi connectivity index (χ2n) is 6.47. The van der Waals surface area contributed by atoms with Crippen molar-refractivity contribution in [2.75, 3.05) is 38.6 Å². The fourth-order valence-electron chi connectivity index (χ4n) is 2.80. The van der Waals surface area contributed by atoms with Gasteiger partial charge in [0.1, 0.15) is 0 Å². The number of carbonyl (C=O) groups is 1. The van der Waals surface area contributed by atoms with Crippen LogP contribution in [-0.4, -0.2) is 65.6 Å². The van der Waals surface area contributed by atoms with Crippen molar-refractivity contribution < 1.29 is 30.8 Å². The van der Waals surface area contributed by atoms with Crippen LogP contribution in [0.2, 0.25) is 0 Å². The van der Waals surface area contributed by atoms with Gasteiger partial charge in [-0.15, -0.1) is 0 Å². The largest absolute Gasteiger partial charge is 0.438 e. The first kappa shape index (κ1) is 21.5. The third-order valence-corrected chi connectivity index (χ3v) is 7.67. The van der Waals surface area contributed by atoms with Crippen molar-refractivity contribution in [3.8, 4) is 0 Å². The summed E-state index contributed by atoms with van der Waals surface area (Å²) in [4.78, 5) is 12.2. The zero-order chi connectivity index (χ0) is 20.9. The highest BCUT2D eigenvalue weighted by Gasteiger charge is 2.30. The van der Waals surface area contributed by atoms with Gasteiger partial charge >= 0.3 is 0 Å². The molecular formula is C18H22N2O7S2. The summed E-state index contributed by atoms with van der Waals surface area (Å²) in [7, 11) is -7.25. The molecule has 2 heterocycles. The van der Waals surface area contributed by atoms with Gasteiger partial charge in [-0.05, 0) is 17.7 Å². The van der Waals surface area contributed by atoms with Crippen molar-refractivity contribution in [1.29, 1.82) is 0 Å². The number of carbonyl (C=O) groups excluding carboxylic acids is 1. The quantitative estimate of drug-likeness (QED) is 0.636. The summed E-state index contributed by atoms with van der Waals surface area (Å²) in [6.45, 7) is 0.906.